The normalized spacial score (nSPS) is 12.8. The van der Waals surface area contributed by atoms with E-state index in [1.165, 1.54) is 238 Å². The smallest absolute Gasteiger partial charge is 0.306 e. The number of esters is 2. The van der Waals surface area contributed by atoms with Crippen LogP contribution in [-0.4, -0.2) is 82.3 Å². The van der Waals surface area contributed by atoms with Crippen molar-refractivity contribution in [3.05, 3.63) is 24.3 Å². The van der Waals surface area contributed by atoms with Crippen LogP contribution < -0.4 is 5.11 Å². The number of nitrogens with zero attached hydrogens (tertiary/aromatic N) is 1. The molecule has 0 fully saturated rings. The lowest BCUT2D eigenvalue weighted by Crippen LogP contribution is -2.44. The molecule has 0 aromatic carbocycles. The van der Waals surface area contributed by atoms with Crippen LogP contribution in [0.2, 0.25) is 0 Å². The largest absolute Gasteiger partial charge is 0.545 e. The van der Waals surface area contributed by atoms with Crippen molar-refractivity contribution >= 4 is 17.9 Å². The van der Waals surface area contributed by atoms with Crippen molar-refractivity contribution in [1.29, 1.82) is 0 Å². The number of hydrogen-bond donors (Lipinski definition) is 0. The highest BCUT2D eigenvalue weighted by Gasteiger charge is 2.22. The van der Waals surface area contributed by atoms with E-state index in [0.717, 1.165) is 44.9 Å². The molecule has 73 heavy (non-hydrogen) atoms. The fourth-order valence-corrected chi connectivity index (χ4v) is 9.33. The number of allylic oxidation sites excluding steroid dienone is 4. The van der Waals surface area contributed by atoms with E-state index in [2.05, 4.69) is 38.2 Å². The number of likely N-dealkylation sites (N-methyl/N-ethyl adjacent to an activating group) is 1. The second kappa shape index (κ2) is 56.0. The van der Waals surface area contributed by atoms with Crippen LogP contribution in [0, 0.1) is 0 Å². The van der Waals surface area contributed by atoms with Gasteiger partial charge in [-0.25, -0.2) is 0 Å². The Morgan fingerprint density at radius 1 is 0.411 bits per heavy atom. The predicted molar refractivity (Wildman–Crippen MR) is 306 cm³/mol. The molecule has 0 bridgehead atoms. The highest BCUT2D eigenvalue weighted by Crippen LogP contribution is 2.18. The number of ether oxygens (including phenoxy) is 4. The topological polar surface area (TPSA) is 111 Å². The van der Waals surface area contributed by atoms with E-state index < -0.39 is 24.3 Å². The molecule has 0 heterocycles. The minimum absolute atomic E-state index is 0.151. The van der Waals surface area contributed by atoms with Crippen molar-refractivity contribution in [3.8, 4) is 0 Å². The average Bonchev–Trinajstić information content (AvgIpc) is 3.36. The lowest BCUT2D eigenvalue weighted by molar-refractivity contribution is -0.870. The summed E-state index contributed by atoms with van der Waals surface area (Å²) < 4.78 is 22.8. The first kappa shape index (κ1) is 70.8. The second-order valence-electron chi connectivity index (χ2n) is 22.7. The van der Waals surface area contributed by atoms with E-state index in [-0.39, 0.29) is 32.2 Å². The highest BCUT2D eigenvalue weighted by atomic mass is 16.7. The van der Waals surface area contributed by atoms with Gasteiger partial charge in [0.05, 0.1) is 40.3 Å². The van der Waals surface area contributed by atoms with Crippen LogP contribution in [0.4, 0.5) is 0 Å². The molecule has 0 rings (SSSR count). The van der Waals surface area contributed by atoms with E-state index in [1.807, 2.05) is 21.1 Å². The van der Waals surface area contributed by atoms with Gasteiger partial charge in [-0.1, -0.05) is 276 Å². The van der Waals surface area contributed by atoms with Gasteiger partial charge in [-0.15, -0.1) is 0 Å². The standard InChI is InChI=1S/C64H121NO8/c1-6-8-10-12-14-16-18-20-22-24-26-28-29-30-31-32-33-35-37-39-41-43-45-47-49-51-53-55-62(67)73-60(59-72-64(63(68)69)70-57-56-65(3,4)5)58-71-61(66)54-52-50-48-46-44-42-40-38-36-34-27-25-23-21-19-17-15-13-11-9-7-2/h18,20,24,26,60,64H,6-17,19,21-23,25,27-59H2,1-5H3/b20-18-,26-24-. The Balaban J connectivity index is 4.15. The van der Waals surface area contributed by atoms with Crippen LogP contribution in [0.5, 0.6) is 0 Å². The van der Waals surface area contributed by atoms with Crippen molar-refractivity contribution in [3.63, 3.8) is 0 Å². The maximum Gasteiger partial charge on any atom is 0.306 e. The third-order valence-corrected chi connectivity index (χ3v) is 14.2. The van der Waals surface area contributed by atoms with Crippen LogP contribution in [0.15, 0.2) is 24.3 Å². The van der Waals surface area contributed by atoms with Crippen molar-refractivity contribution in [2.75, 3.05) is 47.5 Å². The first-order valence-electron chi connectivity index (χ1n) is 31.5. The molecular formula is C64H121NO8. The second-order valence-corrected chi connectivity index (χ2v) is 22.7. The van der Waals surface area contributed by atoms with Gasteiger partial charge in [0, 0.05) is 12.8 Å². The minimum atomic E-state index is -1.62. The summed E-state index contributed by atoms with van der Waals surface area (Å²) in [5.74, 6) is -2.26. The Bertz CT molecular complexity index is 1250. The van der Waals surface area contributed by atoms with Gasteiger partial charge in [0.1, 0.15) is 13.2 Å². The third-order valence-electron chi connectivity index (χ3n) is 14.2. The van der Waals surface area contributed by atoms with Crippen LogP contribution in [-0.2, 0) is 33.3 Å². The summed E-state index contributed by atoms with van der Waals surface area (Å²) in [4.78, 5) is 37.4. The molecule has 2 atom stereocenters. The molecule has 0 aromatic heterocycles. The summed E-state index contributed by atoms with van der Waals surface area (Å²) in [6.45, 7) is 4.80. The van der Waals surface area contributed by atoms with E-state index >= 15 is 0 Å². The number of unbranched alkanes of at least 4 members (excludes halogenated alkanes) is 40. The number of carboxylic acid groups (broad SMARTS) is 1. The van der Waals surface area contributed by atoms with Gasteiger partial charge in [-0.2, -0.15) is 0 Å². The SMILES string of the molecule is CCCCCCC/C=C\C/C=C\CCCCCCCCCCCCCCCCCC(=O)OC(COC(=O)CCCCCCCCCCCCCCCCCCCCCCC)COC(OCC[N+](C)(C)C)C(=O)[O-]. The van der Waals surface area contributed by atoms with Gasteiger partial charge in [-0.3, -0.25) is 9.59 Å². The number of aliphatic carboxylic acids is 1. The Labute approximate surface area is 452 Å². The van der Waals surface area contributed by atoms with Gasteiger partial charge in [-0.05, 0) is 44.9 Å². The molecule has 0 saturated carbocycles. The number of quaternary nitrogens is 1. The van der Waals surface area contributed by atoms with Gasteiger partial charge < -0.3 is 33.3 Å². The molecular weight excluding hydrogens is 911 g/mol. The van der Waals surface area contributed by atoms with Gasteiger partial charge >= 0.3 is 11.9 Å². The monoisotopic (exact) mass is 1030 g/mol. The molecule has 0 aliphatic heterocycles. The van der Waals surface area contributed by atoms with Gasteiger partial charge in [0.25, 0.3) is 0 Å². The lowest BCUT2D eigenvalue weighted by Gasteiger charge is -2.26. The molecule has 430 valence electrons. The number of hydrogen-bond acceptors (Lipinski definition) is 8. The Morgan fingerprint density at radius 2 is 0.740 bits per heavy atom. The molecule has 0 aliphatic carbocycles. The summed E-state index contributed by atoms with van der Waals surface area (Å²) in [7, 11) is 5.94. The summed E-state index contributed by atoms with van der Waals surface area (Å²) >= 11 is 0. The third kappa shape index (κ3) is 57.3. The quantitative estimate of drug-likeness (QED) is 0.0195. The van der Waals surface area contributed by atoms with Crippen LogP contribution in [0.3, 0.4) is 0 Å². The van der Waals surface area contributed by atoms with Crippen LogP contribution >= 0.6 is 0 Å². The van der Waals surface area contributed by atoms with Crippen LogP contribution in [0.25, 0.3) is 0 Å². The van der Waals surface area contributed by atoms with Crippen LogP contribution in [0.1, 0.15) is 309 Å². The molecule has 0 saturated heterocycles. The first-order chi connectivity index (χ1) is 35.6. The lowest BCUT2D eigenvalue weighted by atomic mass is 10.0. The fraction of sp³-hybridized carbons (Fsp3) is 0.891. The zero-order valence-corrected chi connectivity index (χ0v) is 49.0. The molecule has 0 radical (unpaired) electrons. The number of carbonyl (C=O) groups is 3. The fourth-order valence-electron chi connectivity index (χ4n) is 9.33. The molecule has 9 heteroatoms. The molecule has 0 amide bonds. The molecule has 9 nitrogen and oxygen atoms in total. The molecule has 0 aliphatic rings. The maximum atomic E-state index is 12.9. The van der Waals surface area contributed by atoms with Crippen molar-refractivity contribution in [2.24, 2.45) is 0 Å². The number of carbonyl (C=O) groups excluding carboxylic acids is 3. The van der Waals surface area contributed by atoms with E-state index in [0.29, 0.717) is 17.4 Å². The molecule has 0 N–H and O–H groups in total. The summed E-state index contributed by atoms with van der Waals surface area (Å²) in [5, 5.41) is 11.8. The Kier molecular flexibility index (Phi) is 54.3. The highest BCUT2D eigenvalue weighted by molar-refractivity contribution is 5.70. The Morgan fingerprint density at radius 3 is 1.08 bits per heavy atom. The summed E-state index contributed by atoms with van der Waals surface area (Å²) in [5.41, 5.74) is 0. The summed E-state index contributed by atoms with van der Waals surface area (Å²) in [6, 6.07) is 0. The Hall–Kier alpha value is -2.23. The number of carboxylic acids is 1. The van der Waals surface area contributed by atoms with E-state index in [4.69, 9.17) is 18.9 Å². The van der Waals surface area contributed by atoms with Crippen molar-refractivity contribution in [2.45, 2.75) is 322 Å². The summed E-state index contributed by atoms with van der Waals surface area (Å²) in [6.07, 6.45) is 63.8. The number of rotatable bonds is 59. The van der Waals surface area contributed by atoms with E-state index in [1.54, 1.807) is 0 Å². The zero-order valence-electron chi connectivity index (χ0n) is 49.0. The van der Waals surface area contributed by atoms with Crippen molar-refractivity contribution < 1.29 is 42.9 Å². The maximum absolute atomic E-state index is 12.9. The molecule has 2 unspecified atom stereocenters. The average molecular weight is 1030 g/mol. The van der Waals surface area contributed by atoms with E-state index in [9.17, 15) is 19.5 Å². The van der Waals surface area contributed by atoms with Gasteiger partial charge in [0.2, 0.25) is 0 Å². The van der Waals surface area contributed by atoms with Gasteiger partial charge in [0.15, 0.2) is 12.4 Å². The predicted octanol–water partition coefficient (Wildman–Crippen LogP) is 17.4. The molecule has 0 spiro atoms. The first-order valence-corrected chi connectivity index (χ1v) is 31.5. The minimum Gasteiger partial charge on any atom is -0.545 e. The molecule has 0 aromatic rings. The van der Waals surface area contributed by atoms with Crippen molar-refractivity contribution in [1.82, 2.24) is 0 Å². The zero-order chi connectivity index (χ0) is 53.4.